The lowest BCUT2D eigenvalue weighted by Crippen LogP contribution is -2.23. The minimum absolute atomic E-state index is 0.0520. The Bertz CT molecular complexity index is 260. The Morgan fingerprint density at radius 3 is 3.00 bits per heavy atom. The van der Waals surface area contributed by atoms with Crippen molar-refractivity contribution < 1.29 is 9.53 Å². The van der Waals surface area contributed by atoms with Crippen LogP contribution in [0.2, 0.25) is 0 Å². The highest BCUT2D eigenvalue weighted by molar-refractivity contribution is 5.73. The normalized spacial score (nSPS) is 26.1. The predicted molar refractivity (Wildman–Crippen MR) is 47.5 cm³/mol. The Morgan fingerprint density at radius 1 is 1.46 bits per heavy atom. The second-order valence-corrected chi connectivity index (χ2v) is 3.45. The van der Waals surface area contributed by atoms with E-state index in [2.05, 4.69) is 10.6 Å². The van der Waals surface area contributed by atoms with Gasteiger partial charge in [-0.1, -0.05) is 0 Å². The zero-order valence-electron chi connectivity index (χ0n) is 7.72. The van der Waals surface area contributed by atoms with Gasteiger partial charge in [0.1, 0.15) is 0 Å². The maximum absolute atomic E-state index is 11.3. The van der Waals surface area contributed by atoms with Crippen LogP contribution in [-0.2, 0) is 9.53 Å². The summed E-state index contributed by atoms with van der Waals surface area (Å²) in [6, 6.07) is 0. The van der Waals surface area contributed by atoms with Gasteiger partial charge in [-0.2, -0.15) is 0 Å². The molecule has 0 amide bonds. The summed E-state index contributed by atoms with van der Waals surface area (Å²) in [6.07, 6.45) is 2.66. The van der Waals surface area contributed by atoms with E-state index in [1.165, 1.54) is 18.5 Å². The van der Waals surface area contributed by atoms with Gasteiger partial charge >= 0.3 is 5.97 Å². The number of allylic oxidation sites excluding steroid dienone is 2. The van der Waals surface area contributed by atoms with E-state index in [1.807, 2.05) is 0 Å². The standard InChI is InChI=1S/C9H14N2O2/c1-13-9(12)6-2-3-7-8(4-6)11-5-10-7/h6,10-11H,2-5H2,1H3/t6-/m1/s1. The second kappa shape index (κ2) is 3.28. The Morgan fingerprint density at radius 2 is 2.23 bits per heavy atom. The predicted octanol–water partition coefficient (Wildman–Crippen LogP) is 0.321. The topological polar surface area (TPSA) is 50.4 Å². The zero-order chi connectivity index (χ0) is 9.26. The number of hydrogen-bond donors (Lipinski definition) is 2. The summed E-state index contributed by atoms with van der Waals surface area (Å²) in [6.45, 7) is 0.804. The van der Waals surface area contributed by atoms with Crippen molar-refractivity contribution in [3.63, 3.8) is 0 Å². The number of rotatable bonds is 1. The molecule has 13 heavy (non-hydrogen) atoms. The number of carbonyl (C=O) groups is 1. The third-order valence-corrected chi connectivity index (χ3v) is 2.70. The lowest BCUT2D eigenvalue weighted by atomic mass is 9.90. The first kappa shape index (κ1) is 8.41. The summed E-state index contributed by atoms with van der Waals surface area (Å²) in [5.41, 5.74) is 2.47. The van der Waals surface area contributed by atoms with Crippen molar-refractivity contribution in [3.05, 3.63) is 11.4 Å². The van der Waals surface area contributed by atoms with Gasteiger partial charge in [0.15, 0.2) is 0 Å². The van der Waals surface area contributed by atoms with Gasteiger partial charge in [-0.05, 0) is 12.8 Å². The monoisotopic (exact) mass is 182 g/mol. The van der Waals surface area contributed by atoms with Crippen LogP contribution in [0.15, 0.2) is 11.4 Å². The molecule has 0 aromatic heterocycles. The minimum atomic E-state index is -0.0831. The molecule has 1 aliphatic carbocycles. The lowest BCUT2D eigenvalue weighted by Gasteiger charge is -2.20. The number of ether oxygens (including phenoxy) is 1. The van der Waals surface area contributed by atoms with Crippen LogP contribution in [0.1, 0.15) is 19.3 Å². The molecule has 1 aliphatic heterocycles. The van der Waals surface area contributed by atoms with Gasteiger partial charge in [0, 0.05) is 17.8 Å². The van der Waals surface area contributed by atoms with E-state index in [0.717, 1.165) is 25.9 Å². The molecule has 0 aromatic carbocycles. The summed E-state index contributed by atoms with van der Waals surface area (Å²) < 4.78 is 4.73. The SMILES string of the molecule is COC(=O)[C@@H]1CCC2=C(C1)NCN2. The molecule has 2 N–H and O–H groups in total. The van der Waals surface area contributed by atoms with Crippen molar-refractivity contribution in [2.24, 2.45) is 5.92 Å². The molecule has 0 aromatic rings. The van der Waals surface area contributed by atoms with Crippen LogP contribution in [0, 0.1) is 5.92 Å². The average molecular weight is 182 g/mol. The molecule has 0 fully saturated rings. The Balaban J connectivity index is 2.03. The largest absolute Gasteiger partial charge is 0.469 e. The van der Waals surface area contributed by atoms with Crippen molar-refractivity contribution in [2.45, 2.75) is 19.3 Å². The molecule has 0 saturated carbocycles. The van der Waals surface area contributed by atoms with Gasteiger partial charge in [0.25, 0.3) is 0 Å². The van der Waals surface area contributed by atoms with Crippen LogP contribution < -0.4 is 10.6 Å². The molecular weight excluding hydrogens is 168 g/mol. The van der Waals surface area contributed by atoms with Crippen LogP contribution >= 0.6 is 0 Å². The maximum Gasteiger partial charge on any atom is 0.309 e. The first-order chi connectivity index (χ1) is 6.31. The van der Waals surface area contributed by atoms with Gasteiger partial charge in [-0.15, -0.1) is 0 Å². The average Bonchev–Trinajstić information content (AvgIpc) is 2.63. The smallest absolute Gasteiger partial charge is 0.309 e. The molecule has 4 nitrogen and oxygen atoms in total. The highest BCUT2D eigenvalue weighted by atomic mass is 16.5. The Kier molecular flexibility index (Phi) is 2.12. The van der Waals surface area contributed by atoms with Gasteiger partial charge in [-0.3, -0.25) is 4.79 Å². The van der Waals surface area contributed by atoms with Gasteiger partial charge in [0.2, 0.25) is 0 Å². The van der Waals surface area contributed by atoms with Gasteiger partial charge in [0.05, 0.1) is 19.7 Å². The van der Waals surface area contributed by atoms with Gasteiger partial charge < -0.3 is 15.4 Å². The maximum atomic E-state index is 11.3. The van der Waals surface area contributed by atoms with E-state index in [1.54, 1.807) is 0 Å². The minimum Gasteiger partial charge on any atom is -0.469 e. The molecule has 4 heteroatoms. The zero-order valence-corrected chi connectivity index (χ0v) is 7.72. The molecule has 0 unspecified atom stereocenters. The van der Waals surface area contributed by atoms with E-state index >= 15 is 0 Å². The molecule has 0 radical (unpaired) electrons. The fraction of sp³-hybridized carbons (Fsp3) is 0.667. The quantitative estimate of drug-likeness (QED) is 0.573. The molecule has 0 spiro atoms. The van der Waals surface area contributed by atoms with E-state index < -0.39 is 0 Å². The van der Waals surface area contributed by atoms with Crippen molar-refractivity contribution in [3.8, 4) is 0 Å². The summed E-state index contributed by atoms with van der Waals surface area (Å²) in [5, 5.41) is 6.48. The first-order valence-electron chi connectivity index (χ1n) is 4.59. The van der Waals surface area contributed by atoms with Gasteiger partial charge in [-0.25, -0.2) is 0 Å². The molecule has 2 aliphatic rings. The summed E-state index contributed by atoms with van der Waals surface area (Å²) in [7, 11) is 1.45. The highest BCUT2D eigenvalue weighted by Gasteiger charge is 2.28. The third-order valence-electron chi connectivity index (χ3n) is 2.70. The molecule has 1 atom stereocenters. The molecular formula is C9H14N2O2. The fourth-order valence-corrected chi connectivity index (χ4v) is 1.94. The molecule has 72 valence electrons. The van der Waals surface area contributed by atoms with Crippen LogP contribution in [0.5, 0.6) is 0 Å². The lowest BCUT2D eigenvalue weighted by molar-refractivity contribution is -0.145. The summed E-state index contributed by atoms with van der Waals surface area (Å²) in [5.74, 6) is -0.0311. The van der Waals surface area contributed by atoms with Crippen molar-refractivity contribution in [1.82, 2.24) is 10.6 Å². The van der Waals surface area contributed by atoms with E-state index in [-0.39, 0.29) is 11.9 Å². The van der Waals surface area contributed by atoms with Crippen molar-refractivity contribution in [2.75, 3.05) is 13.8 Å². The third kappa shape index (κ3) is 1.48. The van der Waals surface area contributed by atoms with Crippen LogP contribution in [0.25, 0.3) is 0 Å². The number of esters is 1. The van der Waals surface area contributed by atoms with Crippen LogP contribution in [0.4, 0.5) is 0 Å². The van der Waals surface area contributed by atoms with Crippen LogP contribution in [-0.4, -0.2) is 19.7 Å². The van der Waals surface area contributed by atoms with E-state index in [9.17, 15) is 4.79 Å². The number of carbonyl (C=O) groups excluding carboxylic acids is 1. The van der Waals surface area contributed by atoms with Crippen molar-refractivity contribution in [1.29, 1.82) is 0 Å². The highest BCUT2D eigenvalue weighted by Crippen LogP contribution is 2.29. The fourth-order valence-electron chi connectivity index (χ4n) is 1.94. The molecule has 0 bridgehead atoms. The Labute approximate surface area is 77.3 Å². The summed E-state index contributed by atoms with van der Waals surface area (Å²) >= 11 is 0. The molecule has 0 saturated heterocycles. The Hall–Kier alpha value is -1.19. The first-order valence-corrected chi connectivity index (χ1v) is 4.59. The van der Waals surface area contributed by atoms with Crippen LogP contribution in [0.3, 0.4) is 0 Å². The number of methoxy groups -OCH3 is 1. The second-order valence-electron chi connectivity index (χ2n) is 3.45. The van der Waals surface area contributed by atoms with E-state index in [0.29, 0.717) is 0 Å². The molecule has 2 rings (SSSR count). The number of nitrogens with one attached hydrogen (secondary N) is 2. The van der Waals surface area contributed by atoms with Crippen molar-refractivity contribution >= 4 is 5.97 Å². The number of hydrogen-bond acceptors (Lipinski definition) is 4. The van der Waals surface area contributed by atoms with E-state index in [4.69, 9.17) is 4.74 Å². The molecule has 1 heterocycles. The summed E-state index contributed by atoms with van der Waals surface area (Å²) in [4.78, 5) is 11.3.